The molecule has 1 saturated heterocycles. The Kier molecular flexibility index (Phi) is 6.47. The maximum absolute atomic E-state index is 12.4. The molecule has 1 aliphatic rings. The van der Waals surface area contributed by atoms with E-state index in [0.717, 1.165) is 48.7 Å². The predicted octanol–water partition coefficient (Wildman–Crippen LogP) is 2.82. The molecule has 7 nitrogen and oxygen atoms in total. The second-order valence-corrected chi connectivity index (χ2v) is 8.05. The van der Waals surface area contributed by atoms with E-state index in [2.05, 4.69) is 45.1 Å². The average Bonchev–Trinajstić information content (AvgIpc) is 3.16. The van der Waals surface area contributed by atoms with Crippen molar-refractivity contribution >= 4 is 11.7 Å². The molecule has 2 aromatic rings. The fourth-order valence-corrected chi connectivity index (χ4v) is 3.84. The van der Waals surface area contributed by atoms with E-state index in [1.165, 1.54) is 10.5 Å². The highest BCUT2D eigenvalue weighted by molar-refractivity contribution is 5.90. The van der Waals surface area contributed by atoms with E-state index in [-0.39, 0.29) is 17.8 Å². The number of hydrogen-bond donors (Lipinski definition) is 1. The summed E-state index contributed by atoms with van der Waals surface area (Å²) in [5.41, 5.74) is 4.23. The molecule has 0 spiro atoms. The highest BCUT2D eigenvalue weighted by atomic mass is 16.2. The van der Waals surface area contributed by atoms with Crippen molar-refractivity contribution in [2.24, 2.45) is 0 Å². The van der Waals surface area contributed by atoms with Gasteiger partial charge >= 0.3 is 0 Å². The number of nitrogens with zero attached hydrogens (tertiary/aromatic N) is 5. The number of rotatable bonds is 6. The molecule has 3 rings (SSSR count). The van der Waals surface area contributed by atoms with Crippen LogP contribution in [0.15, 0.2) is 18.3 Å². The summed E-state index contributed by atoms with van der Waals surface area (Å²) < 4.78 is 0. The molecule has 3 heterocycles. The zero-order valence-electron chi connectivity index (χ0n) is 18.4. The van der Waals surface area contributed by atoms with Crippen LogP contribution in [0.4, 0.5) is 5.82 Å². The molecule has 1 amide bonds. The van der Waals surface area contributed by atoms with E-state index in [9.17, 15) is 4.79 Å². The number of carbonyl (C=O) groups excluding carboxylic acids is 1. The van der Waals surface area contributed by atoms with Gasteiger partial charge in [0.05, 0.1) is 5.69 Å². The van der Waals surface area contributed by atoms with Gasteiger partial charge in [-0.25, -0.2) is 9.97 Å². The summed E-state index contributed by atoms with van der Waals surface area (Å²) >= 11 is 0. The molecule has 0 bridgehead atoms. The Morgan fingerprint density at radius 1 is 1.31 bits per heavy atom. The molecule has 1 aliphatic heterocycles. The Bertz CT molecular complexity index is 882. The fourth-order valence-electron chi connectivity index (χ4n) is 3.84. The highest BCUT2D eigenvalue weighted by Gasteiger charge is 2.28. The molecule has 1 N–H and O–H groups in total. The number of pyridine rings is 1. The minimum atomic E-state index is -0.167. The SMILES string of the molecule is CCC(N[C@@H]1CCN(c2nc(C(=O)N(C)C)nc(C)c2C)C1)c1ncccc1C. The lowest BCUT2D eigenvalue weighted by molar-refractivity contribution is 0.0815. The van der Waals surface area contributed by atoms with Crippen LogP contribution < -0.4 is 10.2 Å². The molecule has 1 unspecified atom stereocenters. The lowest BCUT2D eigenvalue weighted by Gasteiger charge is -2.24. The standard InChI is InChI=1S/C22H32N6O/c1-7-18(19-14(2)9-8-11-23-19)25-17-10-12-28(13-17)21-15(3)16(4)24-20(26-21)22(29)27(5)6/h8-9,11,17-18,25H,7,10,12-13H2,1-6H3/t17-,18?/m1/s1. The van der Waals surface area contributed by atoms with Crippen molar-refractivity contribution in [1.82, 2.24) is 25.2 Å². The smallest absolute Gasteiger partial charge is 0.291 e. The lowest BCUT2D eigenvalue weighted by atomic mass is 10.0. The van der Waals surface area contributed by atoms with Crippen LogP contribution in [0.3, 0.4) is 0 Å². The van der Waals surface area contributed by atoms with Crippen LogP contribution in [0.2, 0.25) is 0 Å². The van der Waals surface area contributed by atoms with Crippen LogP contribution in [0.1, 0.15) is 58.9 Å². The number of anilines is 1. The molecular weight excluding hydrogens is 364 g/mol. The lowest BCUT2D eigenvalue weighted by Crippen LogP contribution is -2.36. The first-order chi connectivity index (χ1) is 13.8. The molecule has 0 radical (unpaired) electrons. The summed E-state index contributed by atoms with van der Waals surface area (Å²) in [4.78, 5) is 29.8. The molecule has 0 aliphatic carbocycles. The van der Waals surface area contributed by atoms with Gasteiger partial charge in [0.1, 0.15) is 5.82 Å². The van der Waals surface area contributed by atoms with Crippen molar-refractivity contribution in [3.63, 3.8) is 0 Å². The molecule has 29 heavy (non-hydrogen) atoms. The Morgan fingerprint density at radius 2 is 2.07 bits per heavy atom. The first-order valence-corrected chi connectivity index (χ1v) is 10.3. The summed E-state index contributed by atoms with van der Waals surface area (Å²) in [6.07, 6.45) is 3.88. The molecule has 1 fully saturated rings. The second-order valence-electron chi connectivity index (χ2n) is 8.05. The zero-order valence-corrected chi connectivity index (χ0v) is 18.4. The van der Waals surface area contributed by atoms with Crippen LogP contribution >= 0.6 is 0 Å². The van der Waals surface area contributed by atoms with Gasteiger partial charge in [0.2, 0.25) is 5.82 Å². The van der Waals surface area contributed by atoms with Crippen molar-refractivity contribution in [1.29, 1.82) is 0 Å². The molecular formula is C22H32N6O. The average molecular weight is 397 g/mol. The molecule has 7 heteroatoms. The summed E-state index contributed by atoms with van der Waals surface area (Å²) in [5.74, 6) is 0.967. The Hall–Kier alpha value is -2.54. The molecule has 0 saturated carbocycles. The van der Waals surface area contributed by atoms with E-state index in [1.54, 1.807) is 14.1 Å². The molecule has 2 aromatic heterocycles. The van der Waals surface area contributed by atoms with Crippen LogP contribution in [0.25, 0.3) is 0 Å². The van der Waals surface area contributed by atoms with Crippen molar-refractivity contribution < 1.29 is 4.79 Å². The maximum Gasteiger partial charge on any atom is 0.291 e. The number of carbonyl (C=O) groups is 1. The van der Waals surface area contributed by atoms with Crippen LogP contribution in [-0.4, -0.2) is 59.0 Å². The maximum atomic E-state index is 12.4. The van der Waals surface area contributed by atoms with E-state index in [1.807, 2.05) is 26.1 Å². The molecule has 2 atom stereocenters. The third kappa shape index (κ3) is 4.56. The van der Waals surface area contributed by atoms with E-state index < -0.39 is 0 Å². The topological polar surface area (TPSA) is 74.2 Å². The summed E-state index contributed by atoms with van der Waals surface area (Å²) in [6, 6.07) is 4.68. The Morgan fingerprint density at radius 3 is 2.72 bits per heavy atom. The fraction of sp³-hybridized carbons (Fsp3) is 0.545. The van der Waals surface area contributed by atoms with E-state index in [4.69, 9.17) is 0 Å². The molecule has 0 aromatic carbocycles. The van der Waals surface area contributed by atoms with Gasteiger partial charge in [-0.15, -0.1) is 0 Å². The van der Waals surface area contributed by atoms with Crippen molar-refractivity contribution in [2.75, 3.05) is 32.1 Å². The number of aromatic nitrogens is 3. The van der Waals surface area contributed by atoms with Gasteiger partial charge in [-0.3, -0.25) is 9.78 Å². The van der Waals surface area contributed by atoms with E-state index in [0.29, 0.717) is 6.04 Å². The minimum absolute atomic E-state index is 0.167. The van der Waals surface area contributed by atoms with Gasteiger partial charge < -0.3 is 15.1 Å². The van der Waals surface area contributed by atoms with Crippen molar-refractivity contribution in [2.45, 2.75) is 52.6 Å². The quantitative estimate of drug-likeness (QED) is 0.809. The number of amides is 1. The largest absolute Gasteiger partial charge is 0.355 e. The summed E-state index contributed by atoms with van der Waals surface area (Å²) in [7, 11) is 3.45. The zero-order chi connectivity index (χ0) is 21.1. The minimum Gasteiger partial charge on any atom is -0.355 e. The highest BCUT2D eigenvalue weighted by Crippen LogP contribution is 2.26. The number of nitrogens with one attached hydrogen (secondary N) is 1. The first kappa shape index (κ1) is 21.2. The van der Waals surface area contributed by atoms with Gasteiger partial charge in [-0.2, -0.15) is 0 Å². The van der Waals surface area contributed by atoms with Crippen LogP contribution in [0, 0.1) is 20.8 Å². The van der Waals surface area contributed by atoms with Crippen molar-refractivity contribution in [3.8, 4) is 0 Å². The van der Waals surface area contributed by atoms with Gasteiger partial charge in [0.25, 0.3) is 5.91 Å². The molecule has 156 valence electrons. The van der Waals surface area contributed by atoms with Crippen molar-refractivity contribution in [3.05, 3.63) is 46.7 Å². The third-order valence-electron chi connectivity index (χ3n) is 5.67. The Balaban J connectivity index is 1.77. The Labute approximate surface area is 173 Å². The first-order valence-electron chi connectivity index (χ1n) is 10.3. The second kappa shape index (κ2) is 8.86. The summed E-state index contributed by atoms with van der Waals surface area (Å²) in [5, 5.41) is 3.79. The third-order valence-corrected chi connectivity index (χ3v) is 5.67. The summed E-state index contributed by atoms with van der Waals surface area (Å²) in [6.45, 7) is 10.0. The van der Waals surface area contributed by atoms with Crippen LogP contribution in [0.5, 0.6) is 0 Å². The number of hydrogen-bond acceptors (Lipinski definition) is 6. The van der Waals surface area contributed by atoms with Crippen LogP contribution in [-0.2, 0) is 0 Å². The van der Waals surface area contributed by atoms with E-state index >= 15 is 0 Å². The monoisotopic (exact) mass is 396 g/mol. The van der Waals surface area contributed by atoms with Gasteiger partial charge in [0.15, 0.2) is 0 Å². The normalized spacial score (nSPS) is 17.4. The van der Waals surface area contributed by atoms with Gasteiger partial charge in [-0.1, -0.05) is 13.0 Å². The van der Waals surface area contributed by atoms with Gasteiger partial charge in [-0.05, 0) is 45.2 Å². The number of aryl methyl sites for hydroxylation is 2. The predicted molar refractivity (Wildman–Crippen MR) is 115 cm³/mol. The van der Waals surface area contributed by atoms with Gasteiger partial charge in [0, 0.05) is 56.7 Å².